The zero-order valence-electron chi connectivity index (χ0n) is 11.9. The van der Waals surface area contributed by atoms with Crippen molar-refractivity contribution in [3.8, 4) is 0 Å². The van der Waals surface area contributed by atoms with Crippen LogP contribution in [0, 0.1) is 6.92 Å². The Kier molecular flexibility index (Phi) is 5.14. The van der Waals surface area contributed by atoms with Gasteiger partial charge in [0.2, 0.25) is 0 Å². The van der Waals surface area contributed by atoms with Crippen LogP contribution < -0.4 is 5.32 Å². The zero-order valence-corrected chi connectivity index (χ0v) is 12.7. The van der Waals surface area contributed by atoms with Gasteiger partial charge in [-0.2, -0.15) is 0 Å². The Morgan fingerprint density at radius 1 is 1.42 bits per heavy atom. The van der Waals surface area contributed by atoms with Crippen molar-refractivity contribution >= 4 is 17.3 Å². The quantitative estimate of drug-likeness (QED) is 0.856. The third-order valence-electron chi connectivity index (χ3n) is 3.65. The van der Waals surface area contributed by atoms with Gasteiger partial charge in [0.05, 0.1) is 12.2 Å². The van der Waals surface area contributed by atoms with Gasteiger partial charge >= 0.3 is 0 Å². The second-order valence-corrected chi connectivity index (χ2v) is 5.60. The van der Waals surface area contributed by atoms with Crippen molar-refractivity contribution in [1.82, 2.24) is 15.2 Å². The highest BCUT2D eigenvalue weighted by molar-refractivity contribution is 7.80. The minimum atomic E-state index is 0.576. The SMILES string of the molecule is CCN(Cc1cccc(C)n1)C(=S)NC1CCCC1. The highest BCUT2D eigenvalue weighted by Crippen LogP contribution is 2.18. The van der Waals surface area contributed by atoms with Gasteiger partial charge in [-0.05, 0) is 51.0 Å². The van der Waals surface area contributed by atoms with Crippen molar-refractivity contribution in [3.63, 3.8) is 0 Å². The fraction of sp³-hybridized carbons (Fsp3) is 0.600. The molecule has 0 unspecified atom stereocenters. The highest BCUT2D eigenvalue weighted by atomic mass is 32.1. The van der Waals surface area contributed by atoms with Gasteiger partial charge in [0.25, 0.3) is 0 Å². The summed E-state index contributed by atoms with van der Waals surface area (Å²) in [5.41, 5.74) is 2.14. The number of thiocarbonyl (C=S) groups is 1. The molecular formula is C15H23N3S. The molecule has 0 spiro atoms. The van der Waals surface area contributed by atoms with E-state index in [1.807, 2.05) is 13.0 Å². The fourth-order valence-corrected chi connectivity index (χ4v) is 2.91. The normalized spacial score (nSPS) is 15.5. The molecule has 4 heteroatoms. The van der Waals surface area contributed by atoms with Crippen LogP contribution in [0.25, 0.3) is 0 Å². The summed E-state index contributed by atoms with van der Waals surface area (Å²) >= 11 is 5.53. The van der Waals surface area contributed by atoms with Gasteiger partial charge in [-0.25, -0.2) is 0 Å². The zero-order chi connectivity index (χ0) is 13.7. The number of pyridine rings is 1. The summed E-state index contributed by atoms with van der Waals surface area (Å²) in [5.74, 6) is 0. The van der Waals surface area contributed by atoms with Crippen LogP contribution >= 0.6 is 12.2 Å². The van der Waals surface area contributed by atoms with Gasteiger partial charge in [-0.1, -0.05) is 18.9 Å². The van der Waals surface area contributed by atoms with Crippen molar-refractivity contribution in [1.29, 1.82) is 0 Å². The molecule has 0 radical (unpaired) electrons. The predicted octanol–water partition coefficient (Wildman–Crippen LogP) is 3.03. The lowest BCUT2D eigenvalue weighted by Crippen LogP contribution is -2.43. The van der Waals surface area contributed by atoms with E-state index in [0.717, 1.165) is 29.6 Å². The molecule has 1 aromatic heterocycles. The lowest BCUT2D eigenvalue weighted by Gasteiger charge is -2.26. The number of hydrogen-bond acceptors (Lipinski definition) is 2. The van der Waals surface area contributed by atoms with Crippen LogP contribution in [0.15, 0.2) is 18.2 Å². The first-order chi connectivity index (χ1) is 9.19. The molecule has 1 aliphatic rings. The van der Waals surface area contributed by atoms with Crippen molar-refractivity contribution in [3.05, 3.63) is 29.6 Å². The largest absolute Gasteiger partial charge is 0.360 e. The average Bonchev–Trinajstić information content (AvgIpc) is 2.88. The maximum atomic E-state index is 5.53. The number of aromatic nitrogens is 1. The van der Waals surface area contributed by atoms with Crippen molar-refractivity contribution < 1.29 is 0 Å². The Labute approximate surface area is 121 Å². The molecule has 1 saturated carbocycles. The van der Waals surface area contributed by atoms with E-state index >= 15 is 0 Å². The van der Waals surface area contributed by atoms with E-state index in [2.05, 4.69) is 34.3 Å². The Morgan fingerprint density at radius 3 is 2.79 bits per heavy atom. The molecule has 1 fully saturated rings. The smallest absolute Gasteiger partial charge is 0.169 e. The van der Waals surface area contributed by atoms with E-state index in [4.69, 9.17) is 12.2 Å². The van der Waals surface area contributed by atoms with Crippen LogP contribution in [-0.4, -0.2) is 27.6 Å². The minimum absolute atomic E-state index is 0.576. The summed E-state index contributed by atoms with van der Waals surface area (Å²) in [4.78, 5) is 6.74. The van der Waals surface area contributed by atoms with Crippen molar-refractivity contribution in [2.24, 2.45) is 0 Å². The van der Waals surface area contributed by atoms with Crippen LogP contribution in [0.4, 0.5) is 0 Å². The number of nitrogens with zero attached hydrogens (tertiary/aromatic N) is 2. The molecule has 19 heavy (non-hydrogen) atoms. The highest BCUT2D eigenvalue weighted by Gasteiger charge is 2.18. The first kappa shape index (κ1) is 14.3. The molecule has 0 saturated heterocycles. The summed E-state index contributed by atoms with van der Waals surface area (Å²) in [7, 11) is 0. The number of aryl methyl sites for hydroxylation is 1. The second kappa shape index (κ2) is 6.85. The van der Waals surface area contributed by atoms with E-state index in [-0.39, 0.29) is 0 Å². The molecule has 0 aromatic carbocycles. The Hall–Kier alpha value is -1.16. The number of nitrogens with one attached hydrogen (secondary N) is 1. The molecule has 0 amide bonds. The monoisotopic (exact) mass is 277 g/mol. The topological polar surface area (TPSA) is 28.2 Å². The molecule has 1 aliphatic carbocycles. The van der Waals surface area contributed by atoms with Crippen LogP contribution in [0.2, 0.25) is 0 Å². The molecule has 104 valence electrons. The molecule has 0 atom stereocenters. The fourth-order valence-electron chi connectivity index (χ4n) is 2.55. The van der Waals surface area contributed by atoms with Crippen LogP contribution in [0.5, 0.6) is 0 Å². The molecule has 3 nitrogen and oxygen atoms in total. The summed E-state index contributed by atoms with van der Waals surface area (Å²) in [6.45, 7) is 5.86. The van der Waals surface area contributed by atoms with Crippen LogP contribution in [-0.2, 0) is 6.54 Å². The lowest BCUT2D eigenvalue weighted by molar-refractivity contribution is 0.411. The van der Waals surface area contributed by atoms with E-state index in [9.17, 15) is 0 Å². The van der Waals surface area contributed by atoms with Gasteiger partial charge in [-0.15, -0.1) is 0 Å². The summed E-state index contributed by atoms with van der Waals surface area (Å²) < 4.78 is 0. The molecule has 1 N–H and O–H groups in total. The molecule has 1 aromatic rings. The average molecular weight is 277 g/mol. The predicted molar refractivity (Wildman–Crippen MR) is 83.0 cm³/mol. The first-order valence-corrected chi connectivity index (χ1v) is 7.58. The molecule has 0 bridgehead atoms. The van der Waals surface area contributed by atoms with E-state index in [0.29, 0.717) is 6.04 Å². The Bertz CT molecular complexity index is 427. The third kappa shape index (κ3) is 4.16. The Morgan fingerprint density at radius 2 is 2.16 bits per heavy atom. The summed E-state index contributed by atoms with van der Waals surface area (Å²) in [6.07, 6.45) is 5.15. The standard InChI is InChI=1S/C15H23N3S/c1-3-18(11-14-10-6-7-12(2)16-14)15(19)17-13-8-4-5-9-13/h6-7,10,13H,3-5,8-9,11H2,1-2H3,(H,17,19). The second-order valence-electron chi connectivity index (χ2n) is 5.22. The maximum absolute atomic E-state index is 5.53. The van der Waals surface area contributed by atoms with E-state index < -0.39 is 0 Å². The lowest BCUT2D eigenvalue weighted by atomic mass is 10.2. The number of hydrogen-bond donors (Lipinski definition) is 1. The van der Waals surface area contributed by atoms with Gasteiger partial charge in [0.15, 0.2) is 5.11 Å². The van der Waals surface area contributed by atoms with E-state index in [1.165, 1.54) is 25.7 Å². The van der Waals surface area contributed by atoms with Crippen LogP contribution in [0.3, 0.4) is 0 Å². The number of rotatable bonds is 4. The van der Waals surface area contributed by atoms with Crippen molar-refractivity contribution in [2.75, 3.05) is 6.54 Å². The molecular weight excluding hydrogens is 254 g/mol. The summed E-state index contributed by atoms with van der Waals surface area (Å²) in [5, 5.41) is 4.37. The van der Waals surface area contributed by atoms with Gasteiger partial charge < -0.3 is 10.2 Å². The van der Waals surface area contributed by atoms with Gasteiger partial charge in [0.1, 0.15) is 0 Å². The molecule has 2 rings (SSSR count). The minimum Gasteiger partial charge on any atom is -0.360 e. The third-order valence-corrected chi connectivity index (χ3v) is 4.03. The molecule has 1 heterocycles. The maximum Gasteiger partial charge on any atom is 0.169 e. The van der Waals surface area contributed by atoms with Crippen molar-refractivity contribution in [2.45, 2.75) is 52.1 Å². The van der Waals surface area contributed by atoms with Gasteiger partial charge in [-0.3, -0.25) is 4.98 Å². The summed E-state index contributed by atoms with van der Waals surface area (Å²) in [6, 6.07) is 6.72. The van der Waals surface area contributed by atoms with Gasteiger partial charge in [0, 0.05) is 18.3 Å². The van der Waals surface area contributed by atoms with E-state index in [1.54, 1.807) is 0 Å². The van der Waals surface area contributed by atoms with Crippen LogP contribution in [0.1, 0.15) is 44.0 Å². The molecule has 0 aliphatic heterocycles. The first-order valence-electron chi connectivity index (χ1n) is 7.17. The Balaban J connectivity index is 1.93.